The second kappa shape index (κ2) is 7.92. The van der Waals surface area contributed by atoms with Gasteiger partial charge in [0, 0.05) is 37.3 Å². The van der Waals surface area contributed by atoms with Crippen molar-refractivity contribution >= 4 is 27.3 Å². The number of halogens is 1. The Labute approximate surface area is 156 Å². The molecule has 0 saturated carbocycles. The Morgan fingerprint density at radius 3 is 2.81 bits per heavy atom. The molecule has 0 saturated heterocycles. The molecule has 3 rings (SSSR count). The van der Waals surface area contributed by atoms with E-state index in [9.17, 15) is 13.2 Å². The maximum absolute atomic E-state index is 13.2. The highest BCUT2D eigenvalue weighted by Crippen LogP contribution is 2.37. The van der Waals surface area contributed by atoms with Gasteiger partial charge in [-0.15, -0.1) is 11.6 Å². The number of carbonyl (C=O) groups is 1. The van der Waals surface area contributed by atoms with E-state index in [-0.39, 0.29) is 36.4 Å². The van der Waals surface area contributed by atoms with E-state index in [0.717, 1.165) is 0 Å². The minimum Gasteiger partial charge on any atom is -0.454 e. The van der Waals surface area contributed by atoms with Crippen molar-refractivity contribution in [2.45, 2.75) is 16.6 Å². The number of benzene rings is 1. The summed E-state index contributed by atoms with van der Waals surface area (Å²) >= 11 is 5.55. The minimum atomic E-state index is -3.81. The van der Waals surface area contributed by atoms with Crippen LogP contribution in [0.3, 0.4) is 0 Å². The molecule has 1 aliphatic heterocycles. The molecule has 2 aromatic rings. The van der Waals surface area contributed by atoms with E-state index >= 15 is 0 Å². The number of sulfone groups is 1. The normalized spacial score (nSPS) is 14.0. The van der Waals surface area contributed by atoms with Crippen LogP contribution < -0.4 is 14.8 Å². The molecule has 0 fully saturated rings. The topological polar surface area (TPSA) is 94.6 Å². The van der Waals surface area contributed by atoms with Crippen LogP contribution in [0.25, 0.3) is 0 Å². The predicted molar refractivity (Wildman–Crippen MR) is 95.1 cm³/mol. The molecule has 0 unspecified atom stereocenters. The molecule has 1 aromatic heterocycles. The smallest absolute Gasteiger partial charge is 0.231 e. The lowest BCUT2D eigenvalue weighted by Crippen LogP contribution is -2.32. The van der Waals surface area contributed by atoms with Crippen molar-refractivity contribution < 1.29 is 22.7 Å². The van der Waals surface area contributed by atoms with E-state index in [0.29, 0.717) is 17.1 Å². The van der Waals surface area contributed by atoms with Crippen LogP contribution in [0, 0.1) is 0 Å². The highest BCUT2D eigenvalue weighted by atomic mass is 35.5. The highest BCUT2D eigenvalue weighted by molar-refractivity contribution is 7.91. The predicted octanol–water partition coefficient (Wildman–Crippen LogP) is 2.07. The molecule has 138 valence electrons. The summed E-state index contributed by atoms with van der Waals surface area (Å²) in [6.07, 6.45) is 3.15. The lowest BCUT2D eigenvalue weighted by atomic mass is 10.2. The zero-order chi connectivity index (χ0) is 18.6. The Balaban J connectivity index is 1.93. The summed E-state index contributed by atoms with van der Waals surface area (Å²) in [5, 5.41) is 1.63. The Morgan fingerprint density at radius 1 is 1.27 bits per heavy atom. The Bertz CT molecular complexity index is 889. The fraction of sp³-hybridized carbons (Fsp3) is 0.294. The van der Waals surface area contributed by atoms with Crippen molar-refractivity contribution in [1.29, 1.82) is 0 Å². The summed E-state index contributed by atoms with van der Waals surface area (Å²) in [4.78, 5) is 15.8. The quantitative estimate of drug-likeness (QED) is 0.720. The Kier molecular flexibility index (Phi) is 5.63. The van der Waals surface area contributed by atoms with Crippen molar-refractivity contribution in [3.8, 4) is 11.5 Å². The van der Waals surface area contributed by atoms with Gasteiger partial charge in [0.1, 0.15) is 5.25 Å². The van der Waals surface area contributed by atoms with Gasteiger partial charge in [-0.3, -0.25) is 9.78 Å². The summed E-state index contributed by atoms with van der Waals surface area (Å²) in [7, 11) is -3.81. The molecule has 0 bridgehead atoms. The van der Waals surface area contributed by atoms with Gasteiger partial charge in [0.15, 0.2) is 21.3 Å². The summed E-state index contributed by atoms with van der Waals surface area (Å²) < 4.78 is 36.9. The lowest BCUT2D eigenvalue weighted by Gasteiger charge is -2.19. The molecule has 1 aromatic carbocycles. The molecule has 2 heterocycles. The summed E-state index contributed by atoms with van der Waals surface area (Å²) in [6.45, 7) is -0.0302. The molecule has 9 heteroatoms. The number of amides is 1. The van der Waals surface area contributed by atoms with Gasteiger partial charge in [0.25, 0.3) is 0 Å². The number of fused-ring (bicyclic) bond motifs is 1. The maximum atomic E-state index is 13.2. The van der Waals surface area contributed by atoms with E-state index in [1.165, 1.54) is 18.3 Å². The summed E-state index contributed by atoms with van der Waals surface area (Å²) in [6, 6.07) is 7.77. The van der Waals surface area contributed by atoms with Crippen LogP contribution in [0.1, 0.15) is 17.2 Å². The van der Waals surface area contributed by atoms with E-state index < -0.39 is 15.1 Å². The number of ether oxygens (including phenoxy) is 2. The molecule has 7 nitrogen and oxygen atoms in total. The van der Waals surface area contributed by atoms with Gasteiger partial charge in [0.2, 0.25) is 12.7 Å². The van der Waals surface area contributed by atoms with Gasteiger partial charge in [-0.2, -0.15) is 0 Å². The number of hydrogen-bond donors (Lipinski definition) is 1. The number of rotatable bonds is 7. The first-order chi connectivity index (χ1) is 12.5. The number of hydrogen-bond acceptors (Lipinski definition) is 6. The average molecular weight is 397 g/mol. The van der Waals surface area contributed by atoms with Gasteiger partial charge in [-0.1, -0.05) is 6.07 Å². The van der Waals surface area contributed by atoms with Crippen LogP contribution in [0.15, 0.2) is 47.6 Å². The zero-order valence-electron chi connectivity index (χ0n) is 13.7. The largest absolute Gasteiger partial charge is 0.454 e. The number of nitrogens with one attached hydrogen (secondary N) is 1. The Morgan fingerprint density at radius 2 is 2.08 bits per heavy atom. The number of pyridine rings is 1. The lowest BCUT2D eigenvalue weighted by molar-refractivity contribution is -0.120. The van der Waals surface area contributed by atoms with Crippen LogP contribution in [0.2, 0.25) is 0 Å². The number of carbonyl (C=O) groups excluding carboxylic acids is 1. The second-order valence-electron chi connectivity index (χ2n) is 5.58. The van der Waals surface area contributed by atoms with Gasteiger partial charge < -0.3 is 14.8 Å². The van der Waals surface area contributed by atoms with E-state index in [4.69, 9.17) is 21.1 Å². The monoisotopic (exact) mass is 396 g/mol. The van der Waals surface area contributed by atoms with Crippen molar-refractivity contribution in [2.75, 3.05) is 19.2 Å². The van der Waals surface area contributed by atoms with Crippen molar-refractivity contribution in [3.05, 3.63) is 48.3 Å². The first kappa shape index (κ1) is 18.5. The standard InChI is InChI=1S/C17H17ClN2O5S/c18-6-5-17(21)20-10-16(12-2-1-7-19-9-12)26(22,23)13-3-4-14-15(8-13)25-11-24-14/h1-4,7-9,16H,5-6,10-11H2,(H,20,21)/t16-/m1/s1. The molecule has 0 aliphatic carbocycles. The number of nitrogens with zero attached hydrogens (tertiary/aromatic N) is 1. The van der Waals surface area contributed by atoms with Crippen LogP contribution >= 0.6 is 11.6 Å². The third-order valence-electron chi connectivity index (χ3n) is 3.91. The summed E-state index contributed by atoms with van der Waals surface area (Å²) in [5.74, 6) is 0.729. The van der Waals surface area contributed by atoms with Crippen LogP contribution in [-0.4, -0.2) is 38.5 Å². The first-order valence-corrected chi connectivity index (χ1v) is 9.96. The molecule has 0 spiro atoms. The van der Waals surface area contributed by atoms with Gasteiger partial charge in [-0.25, -0.2) is 8.42 Å². The highest BCUT2D eigenvalue weighted by Gasteiger charge is 2.31. The van der Waals surface area contributed by atoms with Gasteiger partial charge >= 0.3 is 0 Å². The van der Waals surface area contributed by atoms with E-state index in [1.54, 1.807) is 24.4 Å². The van der Waals surface area contributed by atoms with Gasteiger partial charge in [0.05, 0.1) is 4.90 Å². The fourth-order valence-corrected chi connectivity index (χ4v) is 4.40. The molecule has 26 heavy (non-hydrogen) atoms. The summed E-state index contributed by atoms with van der Waals surface area (Å²) in [5.41, 5.74) is 0.483. The number of alkyl halides is 1. The van der Waals surface area contributed by atoms with E-state index in [1.807, 2.05) is 0 Å². The molecule has 1 amide bonds. The minimum absolute atomic E-state index is 0.0549. The van der Waals surface area contributed by atoms with Crippen LogP contribution in [0.5, 0.6) is 11.5 Å². The maximum Gasteiger partial charge on any atom is 0.231 e. The number of aromatic nitrogens is 1. The molecule has 1 N–H and O–H groups in total. The fourth-order valence-electron chi connectivity index (χ4n) is 2.57. The Hall–Kier alpha value is -2.32. The van der Waals surface area contributed by atoms with Crippen molar-refractivity contribution in [2.24, 2.45) is 0 Å². The van der Waals surface area contributed by atoms with Crippen molar-refractivity contribution in [1.82, 2.24) is 10.3 Å². The van der Waals surface area contributed by atoms with E-state index in [2.05, 4.69) is 10.3 Å². The van der Waals surface area contributed by atoms with Gasteiger partial charge in [-0.05, 0) is 23.8 Å². The van der Waals surface area contributed by atoms with Crippen molar-refractivity contribution in [3.63, 3.8) is 0 Å². The first-order valence-electron chi connectivity index (χ1n) is 7.88. The molecular weight excluding hydrogens is 380 g/mol. The van der Waals surface area contributed by atoms with Crippen LogP contribution in [-0.2, 0) is 14.6 Å². The average Bonchev–Trinajstić information content (AvgIpc) is 3.10. The SMILES string of the molecule is O=C(CCCl)NC[C@H](c1cccnc1)S(=O)(=O)c1ccc2c(c1)OCO2. The third-order valence-corrected chi connectivity index (χ3v) is 6.20. The second-order valence-corrected chi connectivity index (χ2v) is 8.09. The molecule has 1 aliphatic rings. The van der Waals surface area contributed by atoms with Crippen LogP contribution in [0.4, 0.5) is 0 Å². The molecule has 0 radical (unpaired) electrons. The zero-order valence-corrected chi connectivity index (χ0v) is 15.3. The molecule has 1 atom stereocenters. The third kappa shape index (κ3) is 3.91. The molecular formula is C17H17ClN2O5S.